The molecule has 1 heterocycles. The molecular weight excluding hydrogens is 601 g/mol. The molecule has 2 amide bonds. The van der Waals surface area contributed by atoms with Crippen molar-refractivity contribution in [2.24, 2.45) is 0 Å². The van der Waals surface area contributed by atoms with Crippen molar-refractivity contribution >= 4 is 34.7 Å². The van der Waals surface area contributed by atoms with Crippen molar-refractivity contribution in [3.8, 4) is 11.1 Å². The summed E-state index contributed by atoms with van der Waals surface area (Å²) in [6.45, 7) is 5.64. The van der Waals surface area contributed by atoms with Gasteiger partial charge in [0, 0.05) is 25.2 Å². The summed E-state index contributed by atoms with van der Waals surface area (Å²) in [6, 6.07) is 20.7. The van der Waals surface area contributed by atoms with Crippen LogP contribution in [-0.2, 0) is 17.8 Å². The molecule has 0 saturated heterocycles. The van der Waals surface area contributed by atoms with E-state index in [1.165, 1.54) is 12.8 Å². The molecule has 0 bridgehead atoms. The number of hydrogen-bond donors (Lipinski definition) is 4. The van der Waals surface area contributed by atoms with Gasteiger partial charge in [-0.05, 0) is 53.8 Å². The van der Waals surface area contributed by atoms with E-state index < -0.39 is 18.1 Å². The second kappa shape index (κ2) is 17.0. The number of alkyl halides is 3. The fourth-order valence-electron chi connectivity index (χ4n) is 4.78. The van der Waals surface area contributed by atoms with E-state index in [-0.39, 0.29) is 11.6 Å². The highest BCUT2D eigenvalue weighted by atomic mass is 19.4. The lowest BCUT2D eigenvalue weighted by Crippen LogP contribution is -2.29. The highest BCUT2D eigenvalue weighted by molar-refractivity contribution is 5.96. The lowest BCUT2D eigenvalue weighted by Gasteiger charge is -2.12. The minimum absolute atomic E-state index is 0.194. The first-order valence-corrected chi connectivity index (χ1v) is 15.2. The predicted molar refractivity (Wildman–Crippen MR) is 171 cm³/mol. The van der Waals surface area contributed by atoms with Crippen LogP contribution in [0.5, 0.6) is 0 Å². The molecule has 4 aromatic rings. The lowest BCUT2D eigenvalue weighted by atomic mass is 9.99. The monoisotopic (exact) mass is 640 g/mol. The maximum atomic E-state index is 12.4. The van der Waals surface area contributed by atoms with Crippen molar-refractivity contribution in [2.45, 2.75) is 71.5 Å². The number of imidazole rings is 1. The largest absolute Gasteiger partial charge is 0.490 e. The van der Waals surface area contributed by atoms with Crippen LogP contribution in [0.1, 0.15) is 74.1 Å². The number of aliphatic carboxylic acids is 1. The number of rotatable bonds is 13. The summed E-state index contributed by atoms with van der Waals surface area (Å²) < 4.78 is 34.0. The van der Waals surface area contributed by atoms with Crippen LogP contribution in [0, 0.1) is 0 Å². The second-order valence-corrected chi connectivity index (χ2v) is 10.7. The average molecular weight is 641 g/mol. The Morgan fingerprint density at radius 1 is 0.870 bits per heavy atom. The molecule has 4 N–H and O–H groups in total. The summed E-state index contributed by atoms with van der Waals surface area (Å²) in [5, 5.41) is 22.6. The number of fused-ring (bicyclic) bond motifs is 1. The fraction of sp³-hybridized carbons (Fsp3) is 0.353. The molecule has 12 heteroatoms. The topological polar surface area (TPSA) is 134 Å². The Bertz CT molecular complexity index is 1620. The van der Waals surface area contributed by atoms with Gasteiger partial charge in [-0.25, -0.2) is 19.4 Å². The second-order valence-electron chi connectivity index (χ2n) is 10.7. The Hall–Kier alpha value is -4.87. The van der Waals surface area contributed by atoms with E-state index in [4.69, 9.17) is 14.9 Å². The van der Waals surface area contributed by atoms with Crippen LogP contribution in [0.4, 0.5) is 23.7 Å². The fourth-order valence-corrected chi connectivity index (χ4v) is 4.78. The van der Waals surface area contributed by atoms with Crippen molar-refractivity contribution in [1.82, 2.24) is 14.9 Å². The highest BCUT2D eigenvalue weighted by Gasteiger charge is 2.38. The molecule has 4 rings (SSSR count). The Labute approximate surface area is 265 Å². The molecule has 0 radical (unpaired) electrons. The number of halogens is 3. The number of amides is 2. The molecule has 0 aliphatic heterocycles. The molecule has 0 aliphatic carbocycles. The van der Waals surface area contributed by atoms with E-state index in [0.717, 1.165) is 65.8 Å². The van der Waals surface area contributed by atoms with E-state index in [0.29, 0.717) is 18.7 Å². The number of anilines is 1. The van der Waals surface area contributed by atoms with Crippen LogP contribution in [-0.4, -0.2) is 50.5 Å². The van der Waals surface area contributed by atoms with Crippen LogP contribution >= 0.6 is 0 Å². The Balaban J connectivity index is 0.000000738. The first-order valence-electron chi connectivity index (χ1n) is 15.2. The number of carboxylic acid groups (broad SMARTS) is 2. The summed E-state index contributed by atoms with van der Waals surface area (Å²) in [4.78, 5) is 37.9. The normalized spacial score (nSPS) is 11.1. The number of aromatic nitrogens is 2. The Morgan fingerprint density at radius 2 is 1.54 bits per heavy atom. The van der Waals surface area contributed by atoms with E-state index >= 15 is 0 Å². The smallest absolute Gasteiger partial charge is 0.478 e. The molecule has 246 valence electrons. The number of carboxylic acids is 2. The molecule has 0 atom stereocenters. The van der Waals surface area contributed by atoms with Crippen LogP contribution in [0.15, 0.2) is 66.7 Å². The molecule has 0 spiro atoms. The van der Waals surface area contributed by atoms with Crippen molar-refractivity contribution in [3.05, 3.63) is 83.7 Å². The molecular formula is C34H39F3N4O5. The minimum Gasteiger partial charge on any atom is -0.478 e. The summed E-state index contributed by atoms with van der Waals surface area (Å²) in [5.41, 5.74) is 5.56. The summed E-state index contributed by atoms with van der Waals surface area (Å²) in [6.07, 6.45) is 2.36. The van der Waals surface area contributed by atoms with Gasteiger partial charge >= 0.3 is 24.1 Å². The molecule has 0 unspecified atom stereocenters. The van der Waals surface area contributed by atoms with Gasteiger partial charge < -0.3 is 25.4 Å². The number of carbonyl (C=O) groups is 3. The van der Waals surface area contributed by atoms with E-state index in [1.54, 1.807) is 12.1 Å². The van der Waals surface area contributed by atoms with Crippen LogP contribution in [0.3, 0.4) is 0 Å². The van der Waals surface area contributed by atoms with Gasteiger partial charge in [0.1, 0.15) is 5.82 Å². The van der Waals surface area contributed by atoms with Gasteiger partial charge in [-0.2, -0.15) is 13.2 Å². The summed E-state index contributed by atoms with van der Waals surface area (Å²) in [5.74, 6) is -2.67. The van der Waals surface area contributed by atoms with Crippen molar-refractivity contribution < 1.29 is 37.8 Å². The van der Waals surface area contributed by atoms with E-state index in [2.05, 4.69) is 29.0 Å². The molecule has 3 aromatic carbocycles. The maximum absolute atomic E-state index is 12.4. The molecule has 9 nitrogen and oxygen atoms in total. The van der Waals surface area contributed by atoms with Crippen molar-refractivity contribution in [3.63, 3.8) is 0 Å². The number of aromatic carboxylic acids is 1. The van der Waals surface area contributed by atoms with E-state index in [1.807, 2.05) is 54.6 Å². The molecule has 1 aromatic heterocycles. The molecule has 0 fully saturated rings. The van der Waals surface area contributed by atoms with Crippen molar-refractivity contribution in [2.75, 3.05) is 11.9 Å². The van der Waals surface area contributed by atoms with Gasteiger partial charge in [0.05, 0.1) is 16.6 Å². The quantitative estimate of drug-likeness (QED) is 0.109. The van der Waals surface area contributed by atoms with Gasteiger partial charge in [-0.3, -0.25) is 0 Å². The lowest BCUT2D eigenvalue weighted by molar-refractivity contribution is -0.192. The van der Waals surface area contributed by atoms with Crippen LogP contribution in [0.25, 0.3) is 22.2 Å². The number of hydrogen-bond acceptors (Lipinski definition) is 4. The molecule has 46 heavy (non-hydrogen) atoms. The standard InChI is InChI=1S/C32H38N4O3.C2HF3O2/c1-3-5-7-10-20-33-32(39)34-25-18-19-28-29(21-25)36(30(35-28)13-6-4-2)22-23-14-16-24(17-15-23)26-11-8-9-12-27(26)31(37)38;3-2(4,5)1(6)7/h8-9,11-12,14-19,21H,3-7,10,13,20,22H2,1-2H3,(H,37,38)(H2,33,34,39);(H,6,7). The zero-order chi connectivity index (χ0) is 33.7. The van der Waals surface area contributed by atoms with Crippen LogP contribution < -0.4 is 10.6 Å². The predicted octanol–water partition coefficient (Wildman–Crippen LogP) is 8.13. The maximum Gasteiger partial charge on any atom is 0.490 e. The number of benzene rings is 3. The number of aryl methyl sites for hydroxylation is 1. The van der Waals surface area contributed by atoms with Gasteiger partial charge in [-0.15, -0.1) is 0 Å². The molecule has 0 saturated carbocycles. The molecule has 0 aliphatic rings. The highest BCUT2D eigenvalue weighted by Crippen LogP contribution is 2.26. The average Bonchev–Trinajstić information content (AvgIpc) is 3.36. The third kappa shape index (κ3) is 10.4. The van der Waals surface area contributed by atoms with Gasteiger partial charge in [0.25, 0.3) is 0 Å². The van der Waals surface area contributed by atoms with Gasteiger partial charge in [0.15, 0.2) is 0 Å². The summed E-state index contributed by atoms with van der Waals surface area (Å²) in [7, 11) is 0. The van der Waals surface area contributed by atoms with Gasteiger partial charge in [-0.1, -0.05) is 82.0 Å². The Morgan fingerprint density at radius 3 is 2.17 bits per heavy atom. The minimum atomic E-state index is -5.08. The third-order valence-electron chi connectivity index (χ3n) is 7.16. The first kappa shape index (κ1) is 35.6. The zero-order valence-electron chi connectivity index (χ0n) is 25.9. The van der Waals surface area contributed by atoms with Crippen molar-refractivity contribution in [1.29, 1.82) is 0 Å². The number of nitrogens with zero attached hydrogens (tertiary/aromatic N) is 2. The van der Waals surface area contributed by atoms with Crippen LogP contribution in [0.2, 0.25) is 0 Å². The summed E-state index contributed by atoms with van der Waals surface area (Å²) >= 11 is 0. The zero-order valence-corrected chi connectivity index (χ0v) is 25.9. The SMILES string of the molecule is CCCCCCNC(=O)Nc1ccc2nc(CCCC)n(Cc3ccc(-c4ccccc4C(=O)O)cc3)c2c1.O=C(O)C(F)(F)F. The number of urea groups is 1. The number of carbonyl (C=O) groups excluding carboxylic acids is 1. The Kier molecular flexibility index (Phi) is 13.2. The third-order valence-corrected chi connectivity index (χ3v) is 7.16. The number of unbranched alkanes of at least 4 members (excludes halogenated alkanes) is 4. The van der Waals surface area contributed by atoms with Gasteiger partial charge in [0.2, 0.25) is 0 Å². The first-order chi connectivity index (χ1) is 21.9. The van der Waals surface area contributed by atoms with E-state index in [9.17, 15) is 27.9 Å². The number of nitrogens with one attached hydrogen (secondary N) is 2.